The molecular weight excluding hydrogens is 755 g/mol. The van der Waals surface area contributed by atoms with Crippen LogP contribution in [0.1, 0.15) is 239 Å². The number of carbonyl (C=O) groups excluding carboxylic acids is 1. The zero-order chi connectivity index (χ0) is 43.7. The number of aliphatic hydroxyl groups excluding tert-OH is 5. The number of ether oxygens (including phenoxy) is 2. The molecule has 1 fully saturated rings. The Morgan fingerprint density at radius 3 is 1.40 bits per heavy atom. The molecule has 1 amide bonds. The maximum absolute atomic E-state index is 12.9. The van der Waals surface area contributed by atoms with Crippen LogP contribution in [0.3, 0.4) is 0 Å². The first-order chi connectivity index (χ1) is 29.3. The highest BCUT2D eigenvalue weighted by molar-refractivity contribution is 5.76. The summed E-state index contributed by atoms with van der Waals surface area (Å²) in [4.78, 5) is 12.9. The van der Waals surface area contributed by atoms with E-state index in [1.807, 2.05) is 6.08 Å². The van der Waals surface area contributed by atoms with E-state index in [-0.39, 0.29) is 12.5 Å². The van der Waals surface area contributed by atoms with Crippen molar-refractivity contribution < 1.29 is 39.8 Å². The first kappa shape index (κ1) is 56.7. The fourth-order valence-corrected chi connectivity index (χ4v) is 8.17. The molecule has 9 heteroatoms. The van der Waals surface area contributed by atoms with Crippen molar-refractivity contribution >= 4 is 5.91 Å². The number of hydrogen-bond donors (Lipinski definition) is 6. The Morgan fingerprint density at radius 1 is 0.550 bits per heavy atom. The molecule has 354 valence electrons. The van der Waals surface area contributed by atoms with E-state index in [9.17, 15) is 30.3 Å². The summed E-state index contributed by atoms with van der Waals surface area (Å²) in [5.41, 5.74) is 0. The molecule has 60 heavy (non-hydrogen) atoms. The lowest BCUT2D eigenvalue weighted by Crippen LogP contribution is -2.60. The molecule has 0 aromatic rings. The Hall–Kier alpha value is -1.33. The minimum Gasteiger partial charge on any atom is -0.394 e. The van der Waals surface area contributed by atoms with Gasteiger partial charge in [0.1, 0.15) is 24.4 Å². The summed E-state index contributed by atoms with van der Waals surface area (Å²) in [6, 6.07) is -0.816. The molecule has 0 saturated carbocycles. The van der Waals surface area contributed by atoms with Gasteiger partial charge in [-0.25, -0.2) is 0 Å². The molecule has 6 N–H and O–H groups in total. The van der Waals surface area contributed by atoms with Crippen LogP contribution in [0.4, 0.5) is 0 Å². The van der Waals surface area contributed by atoms with Gasteiger partial charge < -0.3 is 40.3 Å². The Kier molecular flexibility index (Phi) is 39.4. The summed E-state index contributed by atoms with van der Waals surface area (Å²) < 4.78 is 11.2. The van der Waals surface area contributed by atoms with Crippen LogP contribution in [0.5, 0.6) is 0 Å². The van der Waals surface area contributed by atoms with Crippen molar-refractivity contribution in [1.82, 2.24) is 5.32 Å². The van der Waals surface area contributed by atoms with Gasteiger partial charge in [0.2, 0.25) is 5.91 Å². The van der Waals surface area contributed by atoms with E-state index in [1.54, 1.807) is 6.08 Å². The molecule has 0 aromatic carbocycles. The Bertz CT molecular complexity index is 992. The zero-order valence-corrected chi connectivity index (χ0v) is 39.0. The van der Waals surface area contributed by atoms with Gasteiger partial charge in [0.15, 0.2) is 6.29 Å². The standard InChI is InChI=1S/C51H97NO8/c1-3-5-7-9-11-13-15-16-17-18-19-20-21-22-23-24-25-26-27-28-29-31-32-34-36-38-40-45(54)44(43-59-51-50(58)49(57)48(56)46(42-53)60-51)52-47(55)41-39-37-35-33-30-14-12-10-8-6-4-2/h31-32,38,40,44-46,48-51,53-54,56-58H,3-30,33-37,39,41-43H2,1-2H3,(H,52,55)/b32-31+,40-38+. The number of rotatable bonds is 43. The molecule has 0 bridgehead atoms. The lowest BCUT2D eigenvalue weighted by molar-refractivity contribution is -0.302. The zero-order valence-electron chi connectivity index (χ0n) is 39.0. The van der Waals surface area contributed by atoms with Crippen molar-refractivity contribution in [3.8, 4) is 0 Å². The number of amides is 1. The molecule has 1 aliphatic rings. The number of aliphatic hydroxyl groups is 5. The summed E-state index contributed by atoms with van der Waals surface area (Å²) in [7, 11) is 0. The van der Waals surface area contributed by atoms with Gasteiger partial charge in [0.05, 0.1) is 25.4 Å². The van der Waals surface area contributed by atoms with Gasteiger partial charge >= 0.3 is 0 Å². The summed E-state index contributed by atoms with van der Waals surface area (Å²) >= 11 is 0. The van der Waals surface area contributed by atoms with Crippen LogP contribution in [-0.2, 0) is 14.3 Å². The third-order valence-electron chi connectivity index (χ3n) is 12.3. The largest absolute Gasteiger partial charge is 0.394 e. The van der Waals surface area contributed by atoms with Crippen molar-refractivity contribution in [3.05, 3.63) is 24.3 Å². The first-order valence-corrected chi connectivity index (χ1v) is 25.6. The van der Waals surface area contributed by atoms with Gasteiger partial charge in [-0.05, 0) is 32.1 Å². The van der Waals surface area contributed by atoms with Crippen LogP contribution in [0.25, 0.3) is 0 Å². The average Bonchev–Trinajstić information content (AvgIpc) is 3.25. The number of nitrogens with one attached hydrogen (secondary N) is 1. The molecule has 0 aliphatic carbocycles. The Morgan fingerprint density at radius 2 is 0.950 bits per heavy atom. The van der Waals surface area contributed by atoms with E-state index in [0.717, 1.165) is 38.5 Å². The number of hydrogen-bond acceptors (Lipinski definition) is 8. The minimum atomic E-state index is -1.57. The topological polar surface area (TPSA) is 149 Å². The second-order valence-electron chi connectivity index (χ2n) is 18.0. The van der Waals surface area contributed by atoms with Crippen LogP contribution in [0, 0.1) is 0 Å². The minimum absolute atomic E-state index is 0.186. The van der Waals surface area contributed by atoms with Crippen LogP contribution in [-0.4, -0.2) is 87.5 Å². The van der Waals surface area contributed by atoms with Crippen LogP contribution in [0.15, 0.2) is 24.3 Å². The summed E-state index contributed by atoms with van der Waals surface area (Å²) in [6.07, 6.45) is 43.9. The van der Waals surface area contributed by atoms with Crippen molar-refractivity contribution in [3.63, 3.8) is 0 Å². The van der Waals surface area contributed by atoms with Crippen LogP contribution in [0.2, 0.25) is 0 Å². The van der Waals surface area contributed by atoms with Gasteiger partial charge in [-0.1, -0.05) is 224 Å². The van der Waals surface area contributed by atoms with E-state index in [1.165, 1.54) is 180 Å². The van der Waals surface area contributed by atoms with E-state index >= 15 is 0 Å². The van der Waals surface area contributed by atoms with Gasteiger partial charge in [-0.2, -0.15) is 0 Å². The molecule has 1 saturated heterocycles. The number of carbonyl (C=O) groups is 1. The molecule has 7 unspecified atom stereocenters. The molecular formula is C51H97NO8. The fraction of sp³-hybridized carbons (Fsp3) is 0.902. The Balaban J connectivity index is 2.25. The maximum atomic E-state index is 12.9. The number of allylic oxidation sites excluding steroid dienone is 3. The fourth-order valence-electron chi connectivity index (χ4n) is 8.17. The molecule has 1 aliphatic heterocycles. The van der Waals surface area contributed by atoms with Gasteiger partial charge in [0, 0.05) is 6.42 Å². The predicted molar refractivity (Wildman–Crippen MR) is 249 cm³/mol. The van der Waals surface area contributed by atoms with Gasteiger partial charge in [-0.3, -0.25) is 4.79 Å². The van der Waals surface area contributed by atoms with E-state index in [4.69, 9.17) is 9.47 Å². The van der Waals surface area contributed by atoms with Gasteiger partial charge in [0.25, 0.3) is 0 Å². The summed E-state index contributed by atoms with van der Waals surface area (Å²) in [5.74, 6) is -0.186. The highest BCUT2D eigenvalue weighted by Crippen LogP contribution is 2.23. The average molecular weight is 852 g/mol. The lowest BCUT2D eigenvalue weighted by atomic mass is 9.99. The molecule has 0 aromatic heterocycles. The second kappa shape index (κ2) is 41.7. The molecule has 0 spiro atoms. The normalized spacial score (nSPS) is 20.7. The Labute approximate surface area is 369 Å². The van der Waals surface area contributed by atoms with Crippen LogP contribution >= 0.6 is 0 Å². The van der Waals surface area contributed by atoms with Gasteiger partial charge in [-0.15, -0.1) is 0 Å². The van der Waals surface area contributed by atoms with E-state index in [2.05, 4.69) is 31.3 Å². The summed E-state index contributed by atoms with van der Waals surface area (Å²) in [5, 5.41) is 54.2. The molecule has 9 nitrogen and oxygen atoms in total. The molecule has 1 heterocycles. The third-order valence-corrected chi connectivity index (χ3v) is 12.3. The van der Waals surface area contributed by atoms with Crippen molar-refractivity contribution in [2.45, 2.75) is 281 Å². The van der Waals surface area contributed by atoms with Crippen molar-refractivity contribution in [2.75, 3.05) is 13.2 Å². The monoisotopic (exact) mass is 852 g/mol. The van der Waals surface area contributed by atoms with Crippen molar-refractivity contribution in [2.24, 2.45) is 0 Å². The van der Waals surface area contributed by atoms with Crippen LogP contribution < -0.4 is 5.32 Å². The lowest BCUT2D eigenvalue weighted by Gasteiger charge is -2.40. The molecule has 1 rings (SSSR count). The van der Waals surface area contributed by atoms with E-state index < -0.39 is 49.5 Å². The maximum Gasteiger partial charge on any atom is 0.220 e. The smallest absolute Gasteiger partial charge is 0.220 e. The highest BCUT2D eigenvalue weighted by atomic mass is 16.7. The SMILES string of the molecule is CCCCCCCCCCCCCCCCCCCCCC/C=C/CC/C=C/C(O)C(COC1OC(CO)C(O)C(O)C1O)NC(=O)CCCCCCCCCCCCC. The molecule has 7 atom stereocenters. The van der Waals surface area contributed by atoms with Crippen molar-refractivity contribution in [1.29, 1.82) is 0 Å². The second-order valence-corrected chi connectivity index (χ2v) is 18.0. The predicted octanol–water partition coefficient (Wildman–Crippen LogP) is 11.5. The quantitative estimate of drug-likeness (QED) is 0.0262. The number of unbranched alkanes of at least 4 members (excludes halogenated alkanes) is 31. The third kappa shape index (κ3) is 31.5. The van der Waals surface area contributed by atoms with E-state index in [0.29, 0.717) is 6.42 Å². The first-order valence-electron chi connectivity index (χ1n) is 25.6. The highest BCUT2D eigenvalue weighted by Gasteiger charge is 2.44. The molecule has 0 radical (unpaired) electrons. The summed E-state index contributed by atoms with van der Waals surface area (Å²) in [6.45, 7) is 3.76.